The lowest BCUT2D eigenvalue weighted by Gasteiger charge is -2.36. The molecule has 5 nitrogen and oxygen atoms in total. The summed E-state index contributed by atoms with van der Waals surface area (Å²) in [5.74, 6) is -10.8. The third-order valence-corrected chi connectivity index (χ3v) is 12.1. The van der Waals surface area contributed by atoms with E-state index in [1.54, 1.807) is 102 Å². The second-order valence-electron chi connectivity index (χ2n) is 13.8. The number of nitrogens with one attached hydrogen (secondary N) is 2. The standard InChI is InChI=1S/C35H42F5N2O3P/c1-21(2)25(41-32(43)31(34(3,4)5)42-33(44)45-35(6,7)8)20-46(22-15-11-9-12-16-22,23-17-13-10-14-18-23)19-24-26(36)28(38)30(40)29(39)27(24)37/h9-18,21,25,31H,19-20H2,1-8H3,(H-,41,42,43,44)/p+1/t25-,31?/m1/s1. The maximum atomic E-state index is 15.3. The minimum atomic E-state index is -3.09. The maximum Gasteiger partial charge on any atom is 0.408 e. The van der Waals surface area contributed by atoms with Gasteiger partial charge in [-0.05, 0) is 56.4 Å². The summed E-state index contributed by atoms with van der Waals surface area (Å²) < 4.78 is 79.1. The van der Waals surface area contributed by atoms with E-state index in [1.807, 2.05) is 13.8 Å². The molecule has 0 aliphatic rings. The lowest BCUT2D eigenvalue weighted by Crippen LogP contribution is -2.57. The van der Waals surface area contributed by atoms with Gasteiger partial charge in [-0.2, -0.15) is 0 Å². The Balaban J connectivity index is 2.18. The van der Waals surface area contributed by atoms with Gasteiger partial charge in [-0.15, -0.1) is 0 Å². The lowest BCUT2D eigenvalue weighted by molar-refractivity contribution is -0.126. The van der Waals surface area contributed by atoms with Crippen LogP contribution in [0, 0.1) is 40.4 Å². The fourth-order valence-electron chi connectivity index (χ4n) is 5.22. The van der Waals surface area contributed by atoms with Crippen molar-refractivity contribution in [2.45, 2.75) is 79.2 Å². The average Bonchev–Trinajstić information content (AvgIpc) is 2.98. The first-order valence-electron chi connectivity index (χ1n) is 15.1. The van der Waals surface area contributed by atoms with E-state index >= 15 is 8.78 Å². The third-order valence-electron chi connectivity index (χ3n) is 7.66. The van der Waals surface area contributed by atoms with Crippen LogP contribution in [0.5, 0.6) is 0 Å². The number of benzene rings is 3. The topological polar surface area (TPSA) is 67.4 Å². The van der Waals surface area contributed by atoms with Gasteiger partial charge in [-0.3, -0.25) is 4.79 Å². The smallest absolute Gasteiger partial charge is 0.408 e. The second-order valence-corrected chi connectivity index (χ2v) is 17.5. The Hall–Kier alpha value is -3.52. The molecule has 1 unspecified atom stereocenters. The van der Waals surface area contributed by atoms with Crippen LogP contribution in [0.2, 0.25) is 0 Å². The van der Waals surface area contributed by atoms with Gasteiger partial charge in [0.2, 0.25) is 11.7 Å². The normalized spacial score (nSPS) is 13.7. The van der Waals surface area contributed by atoms with Crippen molar-refractivity contribution in [3.8, 4) is 0 Å². The first-order chi connectivity index (χ1) is 21.3. The zero-order valence-electron chi connectivity index (χ0n) is 27.5. The summed E-state index contributed by atoms with van der Waals surface area (Å²) in [5.41, 5.74) is -2.46. The number of carbonyl (C=O) groups is 2. The van der Waals surface area contributed by atoms with Gasteiger partial charge < -0.3 is 15.4 Å². The predicted octanol–water partition coefficient (Wildman–Crippen LogP) is 7.63. The first-order valence-corrected chi connectivity index (χ1v) is 17.2. The predicted molar refractivity (Wildman–Crippen MR) is 173 cm³/mol. The summed E-state index contributed by atoms with van der Waals surface area (Å²) in [6.45, 7) is 14.2. The number of alkyl carbamates (subject to hydrolysis) is 1. The van der Waals surface area contributed by atoms with Crippen molar-refractivity contribution in [2.24, 2.45) is 11.3 Å². The molecule has 3 aromatic rings. The van der Waals surface area contributed by atoms with Crippen LogP contribution >= 0.6 is 7.26 Å². The first kappa shape index (κ1) is 36.9. The molecule has 2 atom stereocenters. The molecule has 0 aliphatic carbocycles. The van der Waals surface area contributed by atoms with E-state index in [9.17, 15) is 22.8 Å². The molecule has 2 amide bonds. The van der Waals surface area contributed by atoms with Gasteiger partial charge >= 0.3 is 6.09 Å². The molecule has 0 aromatic heterocycles. The van der Waals surface area contributed by atoms with Crippen LogP contribution in [0.3, 0.4) is 0 Å². The van der Waals surface area contributed by atoms with E-state index in [0.29, 0.717) is 10.6 Å². The molecule has 2 N–H and O–H groups in total. The van der Waals surface area contributed by atoms with Gasteiger partial charge in [-0.25, -0.2) is 26.7 Å². The van der Waals surface area contributed by atoms with Crippen molar-refractivity contribution in [2.75, 3.05) is 6.16 Å². The second kappa shape index (κ2) is 14.5. The van der Waals surface area contributed by atoms with Gasteiger partial charge in [0.25, 0.3) is 0 Å². The van der Waals surface area contributed by atoms with Crippen LogP contribution in [0.15, 0.2) is 60.7 Å². The van der Waals surface area contributed by atoms with E-state index in [0.717, 1.165) is 0 Å². The number of rotatable bonds is 10. The van der Waals surface area contributed by atoms with Crippen molar-refractivity contribution in [1.82, 2.24) is 10.6 Å². The van der Waals surface area contributed by atoms with Crippen molar-refractivity contribution < 1.29 is 36.3 Å². The average molecular weight is 666 g/mol. The van der Waals surface area contributed by atoms with E-state index in [2.05, 4.69) is 10.6 Å². The highest BCUT2D eigenvalue weighted by Crippen LogP contribution is 2.60. The highest BCUT2D eigenvalue weighted by molar-refractivity contribution is 7.88. The Morgan fingerprint density at radius 1 is 0.717 bits per heavy atom. The minimum Gasteiger partial charge on any atom is -0.444 e. The van der Waals surface area contributed by atoms with Crippen LogP contribution in [0.25, 0.3) is 0 Å². The molecule has 3 aromatic carbocycles. The SMILES string of the molecule is CC(C)[C@@H](C[P+](Cc1c(F)c(F)c(F)c(F)c1F)(c1ccccc1)c1ccccc1)NC(=O)C(NC(=O)OC(C)(C)C)C(C)(C)C. The lowest BCUT2D eigenvalue weighted by atomic mass is 9.86. The summed E-state index contributed by atoms with van der Waals surface area (Å²) in [6.07, 6.45) is -1.15. The van der Waals surface area contributed by atoms with E-state index in [4.69, 9.17) is 4.74 Å². The molecule has 0 spiro atoms. The number of halogens is 5. The van der Waals surface area contributed by atoms with Crippen molar-refractivity contribution in [1.29, 1.82) is 0 Å². The minimum absolute atomic E-state index is 0.118. The van der Waals surface area contributed by atoms with E-state index < -0.39 is 83.2 Å². The summed E-state index contributed by atoms with van der Waals surface area (Å²) in [5, 5.41) is 7.04. The summed E-state index contributed by atoms with van der Waals surface area (Å²) >= 11 is 0. The molecular weight excluding hydrogens is 622 g/mol. The molecule has 0 saturated heterocycles. The molecule has 11 heteroatoms. The molecule has 0 saturated carbocycles. The third kappa shape index (κ3) is 8.64. The van der Waals surface area contributed by atoms with Crippen LogP contribution in [-0.2, 0) is 15.7 Å². The summed E-state index contributed by atoms with van der Waals surface area (Å²) in [6, 6.07) is 15.9. The van der Waals surface area contributed by atoms with Crippen LogP contribution in [0.4, 0.5) is 26.7 Å². The van der Waals surface area contributed by atoms with Crippen LogP contribution in [-0.4, -0.2) is 35.8 Å². The molecule has 46 heavy (non-hydrogen) atoms. The Morgan fingerprint density at radius 3 is 1.54 bits per heavy atom. The quantitative estimate of drug-likeness (QED) is 0.101. The fourth-order valence-corrected chi connectivity index (χ4v) is 9.92. The summed E-state index contributed by atoms with van der Waals surface area (Å²) in [4.78, 5) is 26.6. The van der Waals surface area contributed by atoms with Gasteiger partial charge in [-0.1, -0.05) is 71.0 Å². The molecule has 250 valence electrons. The van der Waals surface area contributed by atoms with Crippen molar-refractivity contribution in [3.63, 3.8) is 0 Å². The monoisotopic (exact) mass is 665 g/mol. The zero-order chi connectivity index (χ0) is 34.6. The van der Waals surface area contributed by atoms with Crippen molar-refractivity contribution in [3.05, 3.63) is 95.3 Å². The fraction of sp³-hybridized carbons (Fsp3) is 0.429. The largest absolute Gasteiger partial charge is 0.444 e. The molecular formula is C35H43F5N2O3P+. The Labute approximate surface area is 268 Å². The van der Waals surface area contributed by atoms with Gasteiger partial charge in [0.05, 0.1) is 41.8 Å². The molecule has 0 bridgehead atoms. The highest BCUT2D eigenvalue weighted by atomic mass is 31.2. The number of carbonyl (C=O) groups excluding carboxylic acids is 2. The van der Waals surface area contributed by atoms with Crippen molar-refractivity contribution >= 4 is 29.9 Å². The molecule has 0 heterocycles. The highest BCUT2D eigenvalue weighted by Gasteiger charge is 2.48. The van der Waals surface area contributed by atoms with Crippen LogP contribution in [0.1, 0.15) is 61.0 Å². The summed E-state index contributed by atoms with van der Waals surface area (Å²) in [7, 11) is -3.09. The number of hydrogen-bond donors (Lipinski definition) is 2. The van der Waals surface area contributed by atoms with Gasteiger partial charge in [0.1, 0.15) is 11.6 Å². The molecule has 3 rings (SSSR count). The van der Waals surface area contributed by atoms with Gasteiger partial charge in [0.15, 0.2) is 23.3 Å². The maximum absolute atomic E-state index is 15.3. The number of hydrogen-bond acceptors (Lipinski definition) is 3. The molecule has 0 aliphatic heterocycles. The Morgan fingerprint density at radius 2 is 1.15 bits per heavy atom. The van der Waals surface area contributed by atoms with Gasteiger partial charge in [0, 0.05) is 0 Å². The van der Waals surface area contributed by atoms with E-state index in [-0.39, 0.29) is 12.1 Å². The Kier molecular flexibility index (Phi) is 11.6. The molecule has 0 fully saturated rings. The van der Waals surface area contributed by atoms with Crippen LogP contribution < -0.4 is 21.2 Å². The zero-order valence-corrected chi connectivity index (χ0v) is 28.4. The Bertz CT molecular complexity index is 1450. The number of ether oxygens (including phenoxy) is 1. The molecule has 0 radical (unpaired) electrons. The van der Waals surface area contributed by atoms with E-state index in [1.165, 1.54) is 0 Å². The number of amides is 2.